The average molecular weight is 265 g/mol. The zero-order chi connectivity index (χ0) is 12.9. The number of rotatable bonds is 8. The van der Waals surface area contributed by atoms with E-state index in [0.29, 0.717) is 6.61 Å². The SMILES string of the molecule is ClCCCCCCCC#CCOc1ccccc1. The zero-order valence-corrected chi connectivity index (χ0v) is 11.6. The third kappa shape index (κ3) is 8.03. The van der Waals surface area contributed by atoms with Crippen LogP contribution in [0.4, 0.5) is 0 Å². The highest BCUT2D eigenvalue weighted by molar-refractivity contribution is 6.17. The van der Waals surface area contributed by atoms with Gasteiger partial charge in [0.1, 0.15) is 12.4 Å². The molecule has 1 aromatic carbocycles. The Labute approximate surface area is 115 Å². The normalized spacial score (nSPS) is 9.61. The van der Waals surface area contributed by atoms with Crippen molar-refractivity contribution in [3.63, 3.8) is 0 Å². The van der Waals surface area contributed by atoms with E-state index in [4.69, 9.17) is 16.3 Å². The highest BCUT2D eigenvalue weighted by Crippen LogP contribution is 2.07. The van der Waals surface area contributed by atoms with Gasteiger partial charge in [-0.2, -0.15) is 0 Å². The molecule has 98 valence electrons. The maximum atomic E-state index is 5.61. The minimum atomic E-state index is 0.482. The summed E-state index contributed by atoms with van der Waals surface area (Å²) in [6.07, 6.45) is 7.06. The van der Waals surface area contributed by atoms with E-state index in [2.05, 4.69) is 11.8 Å². The summed E-state index contributed by atoms with van der Waals surface area (Å²) in [7, 11) is 0. The molecule has 0 fully saturated rings. The van der Waals surface area contributed by atoms with Gasteiger partial charge in [-0.05, 0) is 25.0 Å². The lowest BCUT2D eigenvalue weighted by molar-refractivity contribution is 0.370. The van der Waals surface area contributed by atoms with Crippen LogP contribution in [-0.2, 0) is 0 Å². The second kappa shape index (κ2) is 11.0. The summed E-state index contributed by atoms with van der Waals surface area (Å²) >= 11 is 5.61. The van der Waals surface area contributed by atoms with Crippen molar-refractivity contribution < 1.29 is 4.74 Å². The fraction of sp³-hybridized carbons (Fsp3) is 0.500. The molecule has 0 saturated carbocycles. The van der Waals surface area contributed by atoms with Crippen molar-refractivity contribution in [2.24, 2.45) is 0 Å². The molecule has 1 nitrogen and oxygen atoms in total. The van der Waals surface area contributed by atoms with Crippen molar-refractivity contribution in [2.75, 3.05) is 12.5 Å². The van der Waals surface area contributed by atoms with Crippen molar-refractivity contribution in [2.45, 2.75) is 38.5 Å². The lowest BCUT2D eigenvalue weighted by Crippen LogP contribution is -1.92. The summed E-state index contributed by atoms with van der Waals surface area (Å²) in [5, 5.41) is 0. The predicted molar refractivity (Wildman–Crippen MR) is 78.1 cm³/mol. The van der Waals surface area contributed by atoms with Crippen molar-refractivity contribution >= 4 is 11.6 Å². The fourth-order valence-corrected chi connectivity index (χ4v) is 1.80. The van der Waals surface area contributed by atoms with E-state index in [0.717, 1.165) is 24.5 Å². The smallest absolute Gasteiger partial charge is 0.149 e. The highest BCUT2D eigenvalue weighted by Gasteiger charge is 1.89. The summed E-state index contributed by atoms with van der Waals surface area (Å²) in [5.41, 5.74) is 0. The van der Waals surface area contributed by atoms with Crippen LogP contribution in [0.25, 0.3) is 0 Å². The van der Waals surface area contributed by atoms with Crippen LogP contribution in [-0.4, -0.2) is 12.5 Å². The fourth-order valence-electron chi connectivity index (χ4n) is 1.61. The summed E-state index contributed by atoms with van der Waals surface area (Å²) in [4.78, 5) is 0. The Morgan fingerprint density at radius 3 is 2.39 bits per heavy atom. The Kier molecular flexibility index (Phi) is 9.11. The molecule has 0 bridgehead atoms. The predicted octanol–water partition coefficient (Wildman–Crippen LogP) is 4.65. The maximum Gasteiger partial charge on any atom is 0.149 e. The number of hydrogen-bond acceptors (Lipinski definition) is 1. The first kappa shape index (κ1) is 14.9. The van der Waals surface area contributed by atoms with Crippen molar-refractivity contribution in [3.05, 3.63) is 30.3 Å². The van der Waals surface area contributed by atoms with Crippen LogP contribution in [0.5, 0.6) is 5.75 Å². The second-order valence-electron chi connectivity index (χ2n) is 4.16. The Morgan fingerprint density at radius 2 is 1.61 bits per heavy atom. The Morgan fingerprint density at radius 1 is 0.889 bits per heavy atom. The van der Waals surface area contributed by atoms with E-state index < -0.39 is 0 Å². The molecule has 18 heavy (non-hydrogen) atoms. The van der Waals surface area contributed by atoms with Crippen molar-refractivity contribution in [1.82, 2.24) is 0 Å². The first-order chi connectivity index (χ1) is 8.93. The second-order valence-corrected chi connectivity index (χ2v) is 4.54. The van der Waals surface area contributed by atoms with Gasteiger partial charge in [0.25, 0.3) is 0 Å². The number of hydrogen-bond donors (Lipinski definition) is 0. The van der Waals surface area contributed by atoms with Gasteiger partial charge in [0.2, 0.25) is 0 Å². The van der Waals surface area contributed by atoms with Gasteiger partial charge in [0.15, 0.2) is 0 Å². The molecule has 0 aromatic heterocycles. The molecule has 0 unspecified atom stereocenters. The van der Waals surface area contributed by atoms with Gasteiger partial charge < -0.3 is 4.74 Å². The molecule has 0 atom stereocenters. The van der Waals surface area contributed by atoms with Gasteiger partial charge in [-0.3, -0.25) is 0 Å². The summed E-state index contributed by atoms with van der Waals surface area (Å²) in [6, 6.07) is 9.78. The van der Waals surface area contributed by atoms with Gasteiger partial charge in [-0.15, -0.1) is 11.6 Å². The lowest BCUT2D eigenvalue weighted by atomic mass is 10.1. The largest absolute Gasteiger partial charge is 0.481 e. The van der Waals surface area contributed by atoms with E-state index >= 15 is 0 Å². The van der Waals surface area contributed by atoms with E-state index in [1.165, 1.54) is 25.7 Å². The summed E-state index contributed by atoms with van der Waals surface area (Å²) in [6.45, 7) is 0.482. The summed E-state index contributed by atoms with van der Waals surface area (Å²) in [5.74, 6) is 7.86. The van der Waals surface area contributed by atoms with E-state index in [-0.39, 0.29) is 0 Å². The third-order valence-electron chi connectivity index (χ3n) is 2.61. The van der Waals surface area contributed by atoms with Crippen molar-refractivity contribution in [3.8, 4) is 17.6 Å². The highest BCUT2D eigenvalue weighted by atomic mass is 35.5. The van der Waals surface area contributed by atoms with Crippen LogP contribution in [0, 0.1) is 11.8 Å². The number of alkyl halides is 1. The molecule has 0 spiro atoms. The molecule has 1 rings (SSSR count). The Balaban J connectivity index is 1.95. The molecule has 0 amide bonds. The van der Waals surface area contributed by atoms with Crippen LogP contribution in [0.15, 0.2) is 30.3 Å². The zero-order valence-electron chi connectivity index (χ0n) is 10.8. The van der Waals surface area contributed by atoms with Gasteiger partial charge in [-0.25, -0.2) is 0 Å². The minimum absolute atomic E-state index is 0.482. The van der Waals surface area contributed by atoms with Crippen LogP contribution in [0.3, 0.4) is 0 Å². The molecule has 0 aliphatic rings. The van der Waals surface area contributed by atoms with E-state index in [1.54, 1.807) is 0 Å². The standard InChI is InChI=1S/C16H21ClO/c17-14-10-5-3-1-2-4-6-11-15-18-16-12-8-7-9-13-16/h7-9,12-13H,1-5,10,14-15H2. The summed E-state index contributed by atoms with van der Waals surface area (Å²) < 4.78 is 5.48. The van der Waals surface area contributed by atoms with Gasteiger partial charge in [0, 0.05) is 12.3 Å². The molecular formula is C16H21ClO. The quantitative estimate of drug-likeness (QED) is 0.377. The number of ether oxygens (including phenoxy) is 1. The van der Waals surface area contributed by atoms with E-state index in [9.17, 15) is 0 Å². The number of para-hydroxylation sites is 1. The molecule has 0 N–H and O–H groups in total. The maximum absolute atomic E-state index is 5.61. The molecule has 2 heteroatoms. The number of unbranched alkanes of at least 4 members (excludes halogenated alkanes) is 5. The van der Waals surface area contributed by atoms with Crippen LogP contribution in [0.2, 0.25) is 0 Å². The third-order valence-corrected chi connectivity index (χ3v) is 2.88. The molecule has 0 saturated heterocycles. The molecule has 0 radical (unpaired) electrons. The molecule has 0 aliphatic heterocycles. The topological polar surface area (TPSA) is 9.23 Å². The lowest BCUT2D eigenvalue weighted by Gasteiger charge is -1.99. The van der Waals surface area contributed by atoms with Crippen LogP contribution >= 0.6 is 11.6 Å². The van der Waals surface area contributed by atoms with Crippen LogP contribution < -0.4 is 4.74 Å². The molecule has 1 aromatic rings. The van der Waals surface area contributed by atoms with Crippen molar-refractivity contribution in [1.29, 1.82) is 0 Å². The van der Waals surface area contributed by atoms with E-state index in [1.807, 2.05) is 30.3 Å². The van der Waals surface area contributed by atoms with Crippen LogP contribution in [0.1, 0.15) is 38.5 Å². The van der Waals surface area contributed by atoms with Gasteiger partial charge in [-0.1, -0.05) is 49.3 Å². The molecular weight excluding hydrogens is 244 g/mol. The average Bonchev–Trinajstić information content (AvgIpc) is 2.42. The molecule has 0 aliphatic carbocycles. The first-order valence-electron chi connectivity index (χ1n) is 6.63. The minimum Gasteiger partial charge on any atom is -0.481 e. The molecule has 0 heterocycles. The monoisotopic (exact) mass is 264 g/mol. The van der Waals surface area contributed by atoms with Gasteiger partial charge >= 0.3 is 0 Å². The Hall–Kier alpha value is -1.13. The number of halogens is 1. The van der Waals surface area contributed by atoms with Gasteiger partial charge in [0.05, 0.1) is 0 Å². The Bertz CT molecular complexity index is 350. The number of benzene rings is 1. The first-order valence-corrected chi connectivity index (χ1v) is 7.16.